The SMILES string of the molecule is CCC(=O)N[C@H]1CC[C@@H](n2c(=O)c3cc(F)cnc3n(-c3cccc(SC)c3)c2=O)CC1. The maximum Gasteiger partial charge on any atom is 0.337 e. The van der Waals surface area contributed by atoms with Gasteiger partial charge in [-0.05, 0) is 56.2 Å². The van der Waals surface area contributed by atoms with Gasteiger partial charge >= 0.3 is 5.69 Å². The highest BCUT2D eigenvalue weighted by Crippen LogP contribution is 2.28. The van der Waals surface area contributed by atoms with Crippen molar-refractivity contribution >= 4 is 28.7 Å². The van der Waals surface area contributed by atoms with Crippen LogP contribution in [-0.4, -0.2) is 32.3 Å². The second-order valence-corrected chi connectivity index (χ2v) is 8.83. The van der Waals surface area contributed by atoms with Crippen molar-refractivity contribution in [1.82, 2.24) is 19.4 Å². The number of halogens is 1. The molecule has 7 nitrogen and oxygen atoms in total. The molecule has 1 aliphatic rings. The molecular weight excluding hydrogens is 431 g/mol. The van der Waals surface area contributed by atoms with Gasteiger partial charge in [0.2, 0.25) is 5.91 Å². The van der Waals surface area contributed by atoms with Crippen molar-refractivity contribution in [3.63, 3.8) is 0 Å². The Balaban J connectivity index is 1.83. The molecule has 3 aromatic rings. The molecule has 0 saturated heterocycles. The van der Waals surface area contributed by atoms with Gasteiger partial charge in [-0.1, -0.05) is 13.0 Å². The van der Waals surface area contributed by atoms with E-state index in [1.807, 2.05) is 24.5 Å². The summed E-state index contributed by atoms with van der Waals surface area (Å²) in [6.45, 7) is 1.80. The Morgan fingerprint density at radius 2 is 1.97 bits per heavy atom. The lowest BCUT2D eigenvalue weighted by molar-refractivity contribution is -0.121. The average Bonchev–Trinajstić information content (AvgIpc) is 2.80. The van der Waals surface area contributed by atoms with Crippen LogP contribution >= 0.6 is 11.8 Å². The summed E-state index contributed by atoms with van der Waals surface area (Å²) in [4.78, 5) is 43.6. The molecule has 0 spiro atoms. The van der Waals surface area contributed by atoms with Gasteiger partial charge in [0.05, 0.1) is 17.3 Å². The topological polar surface area (TPSA) is 86.0 Å². The van der Waals surface area contributed by atoms with Crippen molar-refractivity contribution < 1.29 is 9.18 Å². The average molecular weight is 457 g/mol. The maximum atomic E-state index is 14.0. The lowest BCUT2D eigenvalue weighted by atomic mass is 9.91. The summed E-state index contributed by atoms with van der Waals surface area (Å²) in [6.07, 6.45) is 5.86. The summed E-state index contributed by atoms with van der Waals surface area (Å²) in [7, 11) is 0. The molecule has 0 aliphatic heterocycles. The van der Waals surface area contributed by atoms with Gasteiger partial charge in [0.25, 0.3) is 5.56 Å². The summed E-state index contributed by atoms with van der Waals surface area (Å²) in [6, 6.07) is 8.24. The number of amides is 1. The maximum absolute atomic E-state index is 14.0. The van der Waals surface area contributed by atoms with Crippen molar-refractivity contribution in [3.05, 3.63) is 63.2 Å². The number of hydrogen-bond donors (Lipinski definition) is 1. The summed E-state index contributed by atoms with van der Waals surface area (Å²) in [5.74, 6) is -0.635. The first kappa shape index (κ1) is 22.3. The first-order chi connectivity index (χ1) is 15.4. The molecule has 1 aromatic carbocycles. The number of hydrogen-bond acceptors (Lipinski definition) is 5. The van der Waals surface area contributed by atoms with E-state index in [0.29, 0.717) is 37.8 Å². The molecule has 32 heavy (non-hydrogen) atoms. The minimum absolute atomic E-state index is 0.00565. The molecule has 0 bridgehead atoms. The number of rotatable bonds is 5. The first-order valence-electron chi connectivity index (χ1n) is 10.7. The molecular formula is C23H25FN4O3S. The van der Waals surface area contributed by atoms with E-state index in [-0.39, 0.29) is 29.0 Å². The van der Waals surface area contributed by atoms with Gasteiger partial charge in [-0.15, -0.1) is 11.8 Å². The summed E-state index contributed by atoms with van der Waals surface area (Å²) >= 11 is 1.53. The van der Waals surface area contributed by atoms with Crippen LogP contribution in [0.3, 0.4) is 0 Å². The predicted molar refractivity (Wildman–Crippen MR) is 123 cm³/mol. The van der Waals surface area contributed by atoms with E-state index < -0.39 is 17.1 Å². The lowest BCUT2D eigenvalue weighted by Gasteiger charge is -2.30. The van der Waals surface area contributed by atoms with E-state index in [2.05, 4.69) is 10.3 Å². The van der Waals surface area contributed by atoms with E-state index in [1.54, 1.807) is 13.0 Å². The van der Waals surface area contributed by atoms with Gasteiger partial charge in [0, 0.05) is 23.4 Å². The predicted octanol–water partition coefficient (Wildman–Crippen LogP) is 3.42. The smallest absolute Gasteiger partial charge is 0.337 e. The number of thioether (sulfide) groups is 1. The van der Waals surface area contributed by atoms with E-state index >= 15 is 0 Å². The molecule has 4 rings (SSSR count). The van der Waals surface area contributed by atoms with Gasteiger partial charge in [0.15, 0.2) is 5.65 Å². The molecule has 1 saturated carbocycles. The highest BCUT2D eigenvalue weighted by Gasteiger charge is 2.27. The van der Waals surface area contributed by atoms with E-state index in [1.165, 1.54) is 20.9 Å². The van der Waals surface area contributed by atoms with Crippen molar-refractivity contribution in [2.75, 3.05) is 6.26 Å². The molecule has 1 N–H and O–H groups in total. The minimum atomic E-state index is -0.629. The summed E-state index contributed by atoms with van der Waals surface area (Å²) in [5, 5.41) is 3.06. The normalized spacial score (nSPS) is 18.6. The van der Waals surface area contributed by atoms with E-state index in [4.69, 9.17) is 0 Å². The molecule has 2 heterocycles. The number of pyridine rings is 1. The Morgan fingerprint density at radius 1 is 1.22 bits per heavy atom. The zero-order valence-corrected chi connectivity index (χ0v) is 18.8. The van der Waals surface area contributed by atoms with Crippen LogP contribution in [0.2, 0.25) is 0 Å². The van der Waals surface area contributed by atoms with Gasteiger partial charge in [-0.25, -0.2) is 18.7 Å². The second kappa shape index (κ2) is 9.28. The Hall–Kier alpha value is -2.94. The van der Waals surface area contributed by atoms with Crippen molar-refractivity contribution in [3.8, 4) is 5.69 Å². The number of fused-ring (bicyclic) bond motifs is 1. The zero-order chi connectivity index (χ0) is 22.8. The Kier molecular flexibility index (Phi) is 6.45. The molecule has 1 amide bonds. The molecule has 168 valence electrons. The Labute approximate surface area is 188 Å². The van der Waals surface area contributed by atoms with Gasteiger partial charge < -0.3 is 5.32 Å². The highest BCUT2D eigenvalue weighted by atomic mass is 32.2. The Morgan fingerprint density at radius 3 is 2.66 bits per heavy atom. The molecule has 1 aliphatic carbocycles. The third kappa shape index (κ3) is 4.21. The van der Waals surface area contributed by atoms with Crippen LogP contribution in [0.5, 0.6) is 0 Å². The molecule has 0 radical (unpaired) electrons. The summed E-state index contributed by atoms with van der Waals surface area (Å²) < 4.78 is 16.6. The minimum Gasteiger partial charge on any atom is -0.353 e. The monoisotopic (exact) mass is 456 g/mol. The first-order valence-corrected chi connectivity index (χ1v) is 11.9. The fourth-order valence-electron chi connectivity index (χ4n) is 4.29. The van der Waals surface area contributed by atoms with Gasteiger partial charge in [-0.3, -0.25) is 14.2 Å². The third-order valence-corrected chi connectivity index (χ3v) is 6.68. The van der Waals surface area contributed by atoms with Crippen LogP contribution in [0.25, 0.3) is 16.7 Å². The van der Waals surface area contributed by atoms with Crippen LogP contribution in [0.4, 0.5) is 4.39 Å². The number of nitrogens with zero attached hydrogens (tertiary/aromatic N) is 3. The highest BCUT2D eigenvalue weighted by molar-refractivity contribution is 7.98. The van der Waals surface area contributed by atoms with Crippen LogP contribution in [-0.2, 0) is 4.79 Å². The largest absolute Gasteiger partial charge is 0.353 e. The van der Waals surface area contributed by atoms with E-state index in [9.17, 15) is 18.8 Å². The van der Waals surface area contributed by atoms with Crippen LogP contribution < -0.4 is 16.6 Å². The molecule has 0 unspecified atom stereocenters. The number of benzene rings is 1. The van der Waals surface area contributed by atoms with Gasteiger partial charge in [0.1, 0.15) is 5.82 Å². The summed E-state index contributed by atoms with van der Waals surface area (Å²) in [5.41, 5.74) is -0.306. The van der Waals surface area contributed by atoms with Crippen LogP contribution in [0.15, 0.2) is 51.0 Å². The van der Waals surface area contributed by atoms with Crippen LogP contribution in [0.1, 0.15) is 45.1 Å². The third-order valence-electron chi connectivity index (χ3n) is 5.95. The fraction of sp³-hybridized carbons (Fsp3) is 0.391. The molecule has 1 fully saturated rings. The Bertz CT molecular complexity index is 1280. The lowest BCUT2D eigenvalue weighted by Crippen LogP contribution is -2.45. The standard InChI is InChI=1S/C23H25FN4O3S/c1-3-20(29)26-15-7-9-16(10-8-15)28-22(30)19-11-14(24)13-25-21(19)27(23(28)31)17-5-4-6-18(12-17)32-2/h4-6,11-13,15-16H,3,7-10H2,1-2H3,(H,26,29)/t15-,16+. The quantitative estimate of drug-likeness (QED) is 0.595. The number of aromatic nitrogens is 3. The molecule has 9 heteroatoms. The number of carbonyl (C=O) groups is 1. The van der Waals surface area contributed by atoms with Crippen molar-refractivity contribution in [2.24, 2.45) is 0 Å². The van der Waals surface area contributed by atoms with Crippen molar-refractivity contribution in [2.45, 2.75) is 56.0 Å². The molecule has 2 aromatic heterocycles. The number of nitrogens with one attached hydrogen (secondary N) is 1. The fourth-order valence-corrected chi connectivity index (χ4v) is 4.75. The van der Waals surface area contributed by atoms with E-state index in [0.717, 1.165) is 17.2 Å². The molecule has 0 atom stereocenters. The number of carbonyl (C=O) groups excluding carboxylic acids is 1. The van der Waals surface area contributed by atoms with Gasteiger partial charge in [-0.2, -0.15) is 0 Å². The van der Waals surface area contributed by atoms with Crippen molar-refractivity contribution in [1.29, 1.82) is 0 Å². The van der Waals surface area contributed by atoms with Crippen LogP contribution in [0, 0.1) is 5.82 Å². The second-order valence-electron chi connectivity index (χ2n) is 7.95. The zero-order valence-electron chi connectivity index (χ0n) is 18.0.